The maximum atomic E-state index is 6.09. The maximum absolute atomic E-state index is 6.09. The highest BCUT2D eigenvalue weighted by molar-refractivity contribution is 6.31. The lowest BCUT2D eigenvalue weighted by molar-refractivity contribution is 0.301. The van der Waals surface area contributed by atoms with Crippen LogP contribution in [0.3, 0.4) is 0 Å². The first kappa shape index (κ1) is 14.2. The van der Waals surface area contributed by atoms with Crippen molar-refractivity contribution in [3.63, 3.8) is 0 Å². The third-order valence-corrected chi connectivity index (χ3v) is 3.41. The maximum Gasteiger partial charge on any atom is 0.124 e. The zero-order chi connectivity index (χ0) is 13.8. The smallest absolute Gasteiger partial charge is 0.124 e. The van der Waals surface area contributed by atoms with Crippen molar-refractivity contribution >= 4 is 23.2 Å². The number of rotatable bonds is 4. The fourth-order valence-corrected chi connectivity index (χ4v) is 2.15. The minimum absolute atomic E-state index is 0.139. The first-order valence-corrected chi connectivity index (χ1v) is 6.74. The Kier molecular flexibility index (Phi) is 4.70. The SMILES string of the molecule is C[C@H](N)c1cc(Cl)ccc1OCc1ccccc1Cl. The van der Waals surface area contributed by atoms with Gasteiger partial charge >= 0.3 is 0 Å². The lowest BCUT2D eigenvalue weighted by atomic mass is 10.1. The van der Waals surface area contributed by atoms with Gasteiger partial charge in [-0.3, -0.25) is 0 Å². The summed E-state index contributed by atoms with van der Waals surface area (Å²) in [7, 11) is 0. The van der Waals surface area contributed by atoms with E-state index in [0.717, 1.165) is 16.9 Å². The van der Waals surface area contributed by atoms with Gasteiger partial charge < -0.3 is 10.5 Å². The highest BCUT2D eigenvalue weighted by Crippen LogP contribution is 2.28. The molecule has 0 aliphatic heterocycles. The van der Waals surface area contributed by atoms with Crippen molar-refractivity contribution in [1.29, 1.82) is 0 Å². The van der Waals surface area contributed by atoms with Crippen LogP contribution < -0.4 is 10.5 Å². The third-order valence-electron chi connectivity index (χ3n) is 2.80. The van der Waals surface area contributed by atoms with Crippen molar-refractivity contribution in [1.82, 2.24) is 0 Å². The van der Waals surface area contributed by atoms with Crippen molar-refractivity contribution in [3.05, 3.63) is 63.6 Å². The Bertz CT molecular complexity index is 570. The van der Waals surface area contributed by atoms with Crippen LogP contribution in [0.25, 0.3) is 0 Å². The summed E-state index contributed by atoms with van der Waals surface area (Å²) < 4.78 is 5.80. The molecule has 0 aliphatic carbocycles. The van der Waals surface area contributed by atoms with Crippen LogP contribution in [0, 0.1) is 0 Å². The fourth-order valence-electron chi connectivity index (χ4n) is 1.78. The molecular weight excluding hydrogens is 281 g/mol. The monoisotopic (exact) mass is 295 g/mol. The average Bonchev–Trinajstić information content (AvgIpc) is 2.38. The summed E-state index contributed by atoms with van der Waals surface area (Å²) in [6, 6.07) is 12.9. The van der Waals surface area contributed by atoms with Crippen LogP contribution in [-0.4, -0.2) is 0 Å². The average molecular weight is 296 g/mol. The quantitative estimate of drug-likeness (QED) is 0.895. The second kappa shape index (κ2) is 6.29. The van der Waals surface area contributed by atoms with Crippen molar-refractivity contribution in [2.75, 3.05) is 0 Å². The Morgan fingerprint density at radius 1 is 1.16 bits per heavy atom. The van der Waals surface area contributed by atoms with Gasteiger partial charge in [0.1, 0.15) is 12.4 Å². The Morgan fingerprint density at radius 3 is 2.58 bits per heavy atom. The van der Waals surface area contributed by atoms with E-state index in [2.05, 4.69) is 0 Å². The van der Waals surface area contributed by atoms with E-state index in [-0.39, 0.29) is 6.04 Å². The molecule has 100 valence electrons. The van der Waals surface area contributed by atoms with Gasteiger partial charge in [-0.1, -0.05) is 41.4 Å². The molecule has 2 rings (SSSR count). The molecule has 0 aliphatic rings. The highest BCUT2D eigenvalue weighted by Gasteiger charge is 2.10. The minimum atomic E-state index is -0.139. The van der Waals surface area contributed by atoms with Crippen LogP contribution in [0.15, 0.2) is 42.5 Å². The van der Waals surface area contributed by atoms with Crippen LogP contribution in [0.1, 0.15) is 24.1 Å². The Balaban J connectivity index is 2.18. The van der Waals surface area contributed by atoms with Gasteiger partial charge in [0.15, 0.2) is 0 Å². The second-order valence-corrected chi connectivity index (χ2v) is 5.19. The lowest BCUT2D eigenvalue weighted by Gasteiger charge is -2.15. The van der Waals surface area contributed by atoms with E-state index in [1.54, 1.807) is 6.07 Å². The van der Waals surface area contributed by atoms with Gasteiger partial charge in [0.25, 0.3) is 0 Å². The van der Waals surface area contributed by atoms with E-state index in [1.165, 1.54) is 0 Å². The molecule has 0 fully saturated rings. The molecule has 0 heterocycles. The van der Waals surface area contributed by atoms with E-state index in [0.29, 0.717) is 16.7 Å². The van der Waals surface area contributed by atoms with Gasteiger partial charge in [0.2, 0.25) is 0 Å². The lowest BCUT2D eigenvalue weighted by Crippen LogP contribution is -2.08. The van der Waals surface area contributed by atoms with E-state index < -0.39 is 0 Å². The van der Waals surface area contributed by atoms with Crippen LogP contribution >= 0.6 is 23.2 Å². The molecule has 0 spiro atoms. The van der Waals surface area contributed by atoms with Gasteiger partial charge in [-0.2, -0.15) is 0 Å². The van der Waals surface area contributed by atoms with E-state index >= 15 is 0 Å². The zero-order valence-corrected chi connectivity index (χ0v) is 12.1. The molecule has 2 aromatic carbocycles. The molecule has 2 aromatic rings. The molecule has 0 saturated heterocycles. The van der Waals surface area contributed by atoms with Gasteiger partial charge in [-0.05, 0) is 31.2 Å². The standard InChI is InChI=1S/C15H15Cl2NO/c1-10(18)13-8-12(16)6-7-15(13)19-9-11-4-2-3-5-14(11)17/h2-8,10H,9,18H2,1H3/t10-/m0/s1. The summed E-state index contributed by atoms with van der Waals surface area (Å²) in [4.78, 5) is 0. The number of halogens is 2. The summed E-state index contributed by atoms with van der Waals surface area (Å²) in [6.07, 6.45) is 0. The van der Waals surface area contributed by atoms with Crippen LogP contribution in [0.5, 0.6) is 5.75 Å². The molecule has 0 unspecified atom stereocenters. The van der Waals surface area contributed by atoms with Crippen molar-refractivity contribution in [2.45, 2.75) is 19.6 Å². The molecule has 0 saturated carbocycles. The number of nitrogens with two attached hydrogens (primary N) is 1. The Morgan fingerprint density at radius 2 is 1.89 bits per heavy atom. The molecule has 0 bridgehead atoms. The van der Waals surface area contributed by atoms with Crippen molar-refractivity contribution in [3.8, 4) is 5.75 Å². The van der Waals surface area contributed by atoms with Crippen LogP contribution in [-0.2, 0) is 6.61 Å². The molecule has 2 N–H and O–H groups in total. The summed E-state index contributed by atoms with van der Waals surface area (Å²) >= 11 is 12.1. The molecular formula is C15H15Cl2NO. The topological polar surface area (TPSA) is 35.2 Å². The predicted octanol–water partition coefficient (Wildman–Crippen LogP) is 4.59. The number of hydrogen-bond acceptors (Lipinski definition) is 2. The Labute approximate surface area is 123 Å². The molecule has 4 heteroatoms. The fraction of sp³-hybridized carbons (Fsp3) is 0.200. The number of benzene rings is 2. The molecule has 0 amide bonds. The van der Waals surface area contributed by atoms with Gasteiger partial charge in [0, 0.05) is 27.2 Å². The van der Waals surface area contributed by atoms with Crippen molar-refractivity contribution in [2.24, 2.45) is 5.73 Å². The molecule has 1 atom stereocenters. The van der Waals surface area contributed by atoms with Gasteiger partial charge in [-0.15, -0.1) is 0 Å². The second-order valence-electron chi connectivity index (χ2n) is 4.35. The van der Waals surface area contributed by atoms with E-state index in [9.17, 15) is 0 Å². The summed E-state index contributed by atoms with van der Waals surface area (Å²) in [5.41, 5.74) is 7.75. The first-order valence-electron chi connectivity index (χ1n) is 5.99. The van der Waals surface area contributed by atoms with Crippen LogP contribution in [0.2, 0.25) is 10.0 Å². The molecule has 2 nitrogen and oxygen atoms in total. The minimum Gasteiger partial charge on any atom is -0.489 e. The summed E-state index contributed by atoms with van der Waals surface area (Å²) in [5, 5.41) is 1.34. The largest absolute Gasteiger partial charge is 0.489 e. The van der Waals surface area contributed by atoms with E-state index in [4.69, 9.17) is 33.7 Å². The molecule has 0 aromatic heterocycles. The predicted molar refractivity (Wildman–Crippen MR) is 79.8 cm³/mol. The molecule has 0 radical (unpaired) electrons. The van der Waals surface area contributed by atoms with Crippen LogP contribution in [0.4, 0.5) is 0 Å². The van der Waals surface area contributed by atoms with Gasteiger partial charge in [-0.25, -0.2) is 0 Å². The number of ether oxygens (including phenoxy) is 1. The molecule has 19 heavy (non-hydrogen) atoms. The zero-order valence-electron chi connectivity index (χ0n) is 10.6. The Hall–Kier alpha value is -1.22. The summed E-state index contributed by atoms with van der Waals surface area (Å²) in [6.45, 7) is 2.30. The highest BCUT2D eigenvalue weighted by atomic mass is 35.5. The summed E-state index contributed by atoms with van der Waals surface area (Å²) in [5.74, 6) is 0.735. The third kappa shape index (κ3) is 3.63. The normalized spacial score (nSPS) is 12.2. The number of hydrogen-bond donors (Lipinski definition) is 1. The van der Waals surface area contributed by atoms with Gasteiger partial charge in [0.05, 0.1) is 0 Å². The van der Waals surface area contributed by atoms with Crippen molar-refractivity contribution < 1.29 is 4.74 Å². The van der Waals surface area contributed by atoms with E-state index in [1.807, 2.05) is 43.3 Å². The first-order chi connectivity index (χ1) is 9.08.